The van der Waals surface area contributed by atoms with Crippen molar-refractivity contribution < 1.29 is 9.90 Å². The second-order valence-corrected chi connectivity index (χ2v) is 4.06. The maximum atomic E-state index is 11.3. The van der Waals surface area contributed by atoms with E-state index in [1.165, 1.54) is 0 Å². The van der Waals surface area contributed by atoms with Crippen molar-refractivity contribution in [2.45, 2.75) is 6.92 Å². The quantitative estimate of drug-likeness (QED) is 0.754. The first-order chi connectivity index (χ1) is 9.18. The van der Waals surface area contributed by atoms with Crippen molar-refractivity contribution in [2.75, 3.05) is 0 Å². The number of aryl methyl sites for hydroxylation is 1. The molecule has 0 aliphatic rings. The Balaban J connectivity index is 2.45. The smallest absolute Gasteiger partial charge is 0.358 e. The molecular formula is C13H10N4O2. The molecule has 94 valence electrons. The van der Waals surface area contributed by atoms with E-state index in [1.807, 2.05) is 18.2 Å². The van der Waals surface area contributed by atoms with Crippen molar-refractivity contribution in [1.29, 1.82) is 0 Å². The lowest BCUT2D eigenvalue weighted by atomic mass is 10.1. The fourth-order valence-corrected chi connectivity index (χ4v) is 2.04. The summed E-state index contributed by atoms with van der Waals surface area (Å²) in [7, 11) is 0. The number of hydrogen-bond acceptors (Lipinski definition) is 4. The number of carboxylic acids is 1. The van der Waals surface area contributed by atoms with E-state index >= 15 is 0 Å². The molecule has 0 spiro atoms. The van der Waals surface area contributed by atoms with Gasteiger partial charge in [-0.15, -0.1) is 10.2 Å². The van der Waals surface area contributed by atoms with Crippen LogP contribution in [0.25, 0.3) is 16.6 Å². The van der Waals surface area contributed by atoms with Crippen molar-refractivity contribution in [1.82, 2.24) is 19.7 Å². The van der Waals surface area contributed by atoms with Gasteiger partial charge in [0.1, 0.15) is 5.82 Å². The molecule has 6 heteroatoms. The zero-order chi connectivity index (χ0) is 13.4. The first-order valence-corrected chi connectivity index (χ1v) is 5.67. The normalized spacial score (nSPS) is 10.8. The summed E-state index contributed by atoms with van der Waals surface area (Å²) in [5.41, 5.74) is 1.06. The summed E-state index contributed by atoms with van der Waals surface area (Å²) >= 11 is 0. The molecule has 0 amide bonds. The van der Waals surface area contributed by atoms with Crippen molar-refractivity contribution in [3.05, 3.63) is 48.2 Å². The Morgan fingerprint density at radius 3 is 2.74 bits per heavy atom. The average molecular weight is 254 g/mol. The van der Waals surface area contributed by atoms with Crippen LogP contribution in [0.5, 0.6) is 0 Å². The van der Waals surface area contributed by atoms with E-state index in [1.54, 1.807) is 30.0 Å². The number of aromatic carboxylic acids is 1. The van der Waals surface area contributed by atoms with Gasteiger partial charge in [0.05, 0.1) is 11.2 Å². The third kappa shape index (κ3) is 1.74. The molecule has 2 heterocycles. The van der Waals surface area contributed by atoms with E-state index in [0.717, 1.165) is 5.39 Å². The molecule has 1 aromatic carbocycles. The van der Waals surface area contributed by atoms with Gasteiger partial charge >= 0.3 is 5.97 Å². The predicted molar refractivity (Wildman–Crippen MR) is 68.4 cm³/mol. The number of aromatic nitrogens is 4. The minimum atomic E-state index is -1.11. The van der Waals surface area contributed by atoms with Crippen LogP contribution in [-0.2, 0) is 0 Å². The Hall–Kier alpha value is -2.76. The summed E-state index contributed by atoms with van der Waals surface area (Å²) in [6.45, 7) is 1.81. The molecule has 0 saturated carbocycles. The van der Waals surface area contributed by atoms with Gasteiger partial charge in [-0.3, -0.25) is 0 Å². The monoisotopic (exact) mass is 254 g/mol. The zero-order valence-electron chi connectivity index (χ0n) is 10.1. The van der Waals surface area contributed by atoms with Gasteiger partial charge in [-0.25, -0.2) is 9.78 Å². The highest BCUT2D eigenvalue weighted by molar-refractivity contribution is 5.98. The van der Waals surface area contributed by atoms with Crippen LogP contribution < -0.4 is 0 Å². The van der Waals surface area contributed by atoms with Crippen LogP contribution in [0.3, 0.4) is 0 Å². The van der Waals surface area contributed by atoms with Gasteiger partial charge in [-0.1, -0.05) is 18.2 Å². The van der Waals surface area contributed by atoms with Crippen LogP contribution in [0, 0.1) is 6.92 Å². The van der Waals surface area contributed by atoms with Crippen LogP contribution >= 0.6 is 0 Å². The number of fused-ring (bicyclic) bond motifs is 1. The largest absolute Gasteiger partial charge is 0.476 e. The summed E-state index contributed by atoms with van der Waals surface area (Å²) in [4.78, 5) is 15.5. The fraction of sp³-hybridized carbons (Fsp3) is 0.0769. The summed E-state index contributed by atoms with van der Waals surface area (Å²) in [6, 6.07) is 7.29. The van der Waals surface area contributed by atoms with Gasteiger partial charge in [-0.2, -0.15) is 0 Å². The molecule has 0 aliphatic heterocycles. The molecule has 1 N–H and O–H groups in total. The number of rotatable bonds is 2. The van der Waals surface area contributed by atoms with E-state index in [2.05, 4.69) is 15.2 Å². The molecule has 3 aromatic rings. The standard InChI is InChI=1S/C13H10N4O2/c1-8-14-6-7-17(8)12-9-4-2-3-5-10(9)15-16-11(12)13(18)19/h2-7H,1H3,(H,18,19). The number of carboxylic acid groups (broad SMARTS) is 1. The predicted octanol–water partition coefficient (Wildman–Crippen LogP) is 1.82. The van der Waals surface area contributed by atoms with Crippen LogP contribution in [0.15, 0.2) is 36.7 Å². The van der Waals surface area contributed by atoms with Crippen LogP contribution in [0.1, 0.15) is 16.3 Å². The molecular weight excluding hydrogens is 244 g/mol. The van der Waals surface area contributed by atoms with E-state index < -0.39 is 5.97 Å². The molecule has 19 heavy (non-hydrogen) atoms. The molecule has 2 aromatic heterocycles. The van der Waals surface area contributed by atoms with E-state index in [0.29, 0.717) is 17.0 Å². The molecule has 0 atom stereocenters. The third-order valence-electron chi connectivity index (χ3n) is 2.91. The molecule has 0 saturated heterocycles. The Morgan fingerprint density at radius 2 is 2.05 bits per heavy atom. The highest BCUT2D eigenvalue weighted by Gasteiger charge is 2.18. The molecule has 6 nitrogen and oxygen atoms in total. The molecule has 0 unspecified atom stereocenters. The second kappa shape index (κ2) is 4.16. The lowest BCUT2D eigenvalue weighted by Gasteiger charge is -2.10. The maximum absolute atomic E-state index is 11.3. The number of benzene rings is 1. The summed E-state index contributed by atoms with van der Waals surface area (Å²) in [5, 5.41) is 17.8. The molecule has 0 radical (unpaired) electrons. The minimum Gasteiger partial charge on any atom is -0.476 e. The first kappa shape index (κ1) is 11.3. The summed E-state index contributed by atoms with van der Waals surface area (Å²) < 4.78 is 1.71. The Labute approximate surface area is 108 Å². The van der Waals surface area contributed by atoms with Crippen molar-refractivity contribution in [3.63, 3.8) is 0 Å². The Bertz CT molecular complexity index is 779. The van der Waals surface area contributed by atoms with Crippen LogP contribution in [-0.4, -0.2) is 30.8 Å². The lowest BCUT2D eigenvalue weighted by Crippen LogP contribution is -2.11. The lowest BCUT2D eigenvalue weighted by molar-refractivity contribution is 0.0689. The first-order valence-electron chi connectivity index (χ1n) is 5.67. The highest BCUT2D eigenvalue weighted by atomic mass is 16.4. The molecule has 0 aliphatic carbocycles. The molecule has 0 fully saturated rings. The second-order valence-electron chi connectivity index (χ2n) is 4.06. The minimum absolute atomic E-state index is 0.0835. The number of nitrogens with zero attached hydrogens (tertiary/aromatic N) is 4. The zero-order valence-corrected chi connectivity index (χ0v) is 10.1. The van der Waals surface area contributed by atoms with Crippen LogP contribution in [0.2, 0.25) is 0 Å². The van der Waals surface area contributed by atoms with E-state index in [-0.39, 0.29) is 5.69 Å². The van der Waals surface area contributed by atoms with Crippen molar-refractivity contribution in [2.24, 2.45) is 0 Å². The van der Waals surface area contributed by atoms with Crippen molar-refractivity contribution >= 4 is 16.9 Å². The van der Waals surface area contributed by atoms with Gasteiger partial charge < -0.3 is 9.67 Å². The van der Waals surface area contributed by atoms with Gasteiger partial charge in [0.2, 0.25) is 0 Å². The highest BCUT2D eigenvalue weighted by Crippen LogP contribution is 2.23. The maximum Gasteiger partial charge on any atom is 0.358 e. The van der Waals surface area contributed by atoms with Gasteiger partial charge in [0.25, 0.3) is 0 Å². The fourth-order valence-electron chi connectivity index (χ4n) is 2.04. The number of carbonyl (C=O) groups is 1. The average Bonchev–Trinajstić information content (AvgIpc) is 2.83. The van der Waals surface area contributed by atoms with Crippen LogP contribution in [0.4, 0.5) is 0 Å². The summed E-state index contributed by atoms with van der Waals surface area (Å²) in [6.07, 6.45) is 3.33. The van der Waals surface area contributed by atoms with E-state index in [4.69, 9.17) is 0 Å². The van der Waals surface area contributed by atoms with Crippen molar-refractivity contribution in [3.8, 4) is 5.69 Å². The topological polar surface area (TPSA) is 80.9 Å². The third-order valence-corrected chi connectivity index (χ3v) is 2.91. The molecule has 3 rings (SSSR count). The summed E-state index contributed by atoms with van der Waals surface area (Å²) in [5.74, 6) is -0.415. The number of imidazole rings is 1. The molecule has 0 bridgehead atoms. The van der Waals surface area contributed by atoms with Gasteiger partial charge in [0, 0.05) is 17.8 Å². The van der Waals surface area contributed by atoms with E-state index in [9.17, 15) is 9.90 Å². The Kier molecular flexibility index (Phi) is 2.49. The van der Waals surface area contributed by atoms with Gasteiger partial charge in [-0.05, 0) is 13.0 Å². The van der Waals surface area contributed by atoms with Gasteiger partial charge in [0.15, 0.2) is 5.69 Å². The number of hydrogen-bond donors (Lipinski definition) is 1. The Morgan fingerprint density at radius 1 is 1.26 bits per heavy atom. The SMILES string of the molecule is Cc1nccn1-c1c(C(=O)O)nnc2ccccc12.